The lowest BCUT2D eigenvalue weighted by Crippen LogP contribution is -2.07. The van der Waals surface area contributed by atoms with Crippen LogP contribution >= 0.6 is 0 Å². The summed E-state index contributed by atoms with van der Waals surface area (Å²) >= 11 is 0. The van der Waals surface area contributed by atoms with E-state index in [1.807, 2.05) is 13.8 Å². The van der Waals surface area contributed by atoms with E-state index in [2.05, 4.69) is 15.1 Å². The van der Waals surface area contributed by atoms with Gasteiger partial charge in [-0.05, 0) is 19.1 Å². The number of aryl methyl sites for hydroxylation is 1. The van der Waals surface area contributed by atoms with E-state index in [-0.39, 0.29) is 24.0 Å². The number of rotatable bonds is 5. The first-order chi connectivity index (χ1) is 9.47. The quantitative estimate of drug-likeness (QED) is 0.894. The molecule has 2 aromatic rings. The molecule has 0 aliphatic heterocycles. The molecule has 2 rings (SSSR count). The van der Waals surface area contributed by atoms with E-state index in [4.69, 9.17) is 14.4 Å². The molecule has 2 heterocycles. The summed E-state index contributed by atoms with van der Waals surface area (Å²) in [4.78, 5) is 19.2. The molecule has 106 valence electrons. The second kappa shape index (κ2) is 5.68. The molecule has 20 heavy (non-hydrogen) atoms. The summed E-state index contributed by atoms with van der Waals surface area (Å²) in [7, 11) is 0. The van der Waals surface area contributed by atoms with Crippen LogP contribution in [0.4, 0.5) is 0 Å². The first kappa shape index (κ1) is 14.0. The number of ether oxygens (including phenoxy) is 1. The highest BCUT2D eigenvalue weighted by Crippen LogP contribution is 2.18. The number of pyridine rings is 1. The van der Waals surface area contributed by atoms with Crippen molar-refractivity contribution in [2.24, 2.45) is 0 Å². The van der Waals surface area contributed by atoms with E-state index >= 15 is 0 Å². The minimum atomic E-state index is -1.14. The van der Waals surface area contributed by atoms with Gasteiger partial charge in [-0.3, -0.25) is 0 Å². The monoisotopic (exact) mass is 277 g/mol. The van der Waals surface area contributed by atoms with E-state index in [0.717, 1.165) is 0 Å². The lowest BCUT2D eigenvalue weighted by atomic mass is 10.2. The molecule has 0 aliphatic rings. The molecular formula is C13H15N3O4. The van der Waals surface area contributed by atoms with Crippen LogP contribution in [0.3, 0.4) is 0 Å². The summed E-state index contributed by atoms with van der Waals surface area (Å²) in [6, 6.07) is 3.24. The summed E-state index contributed by atoms with van der Waals surface area (Å²) < 4.78 is 10.4. The number of nitrogens with zero attached hydrogens (tertiary/aromatic N) is 3. The van der Waals surface area contributed by atoms with Crippen LogP contribution in [0.25, 0.3) is 0 Å². The summed E-state index contributed by atoms with van der Waals surface area (Å²) in [6.07, 6.45) is 0. The van der Waals surface area contributed by atoms with Gasteiger partial charge in [-0.25, -0.2) is 9.78 Å². The Labute approximate surface area is 115 Å². The highest BCUT2D eigenvalue weighted by Gasteiger charge is 2.15. The Balaban J connectivity index is 2.12. The van der Waals surface area contributed by atoms with Crippen molar-refractivity contribution in [3.63, 3.8) is 0 Å². The third-order valence-corrected chi connectivity index (χ3v) is 2.55. The van der Waals surface area contributed by atoms with Gasteiger partial charge in [0, 0.05) is 11.6 Å². The van der Waals surface area contributed by atoms with Crippen molar-refractivity contribution >= 4 is 5.97 Å². The minimum Gasteiger partial charge on any atom is -0.481 e. The van der Waals surface area contributed by atoms with Gasteiger partial charge in [0.15, 0.2) is 23.9 Å². The molecule has 1 N–H and O–H groups in total. The smallest absolute Gasteiger partial charge is 0.358 e. The van der Waals surface area contributed by atoms with Gasteiger partial charge in [0.2, 0.25) is 0 Å². The average molecular weight is 277 g/mol. The molecule has 0 saturated carbocycles. The molecule has 0 fully saturated rings. The molecule has 0 amide bonds. The first-order valence-corrected chi connectivity index (χ1v) is 6.13. The Morgan fingerprint density at radius 2 is 2.15 bits per heavy atom. The number of aromatic nitrogens is 3. The molecule has 7 heteroatoms. The predicted molar refractivity (Wildman–Crippen MR) is 68.7 cm³/mol. The van der Waals surface area contributed by atoms with E-state index in [1.165, 1.54) is 0 Å². The maximum Gasteiger partial charge on any atom is 0.358 e. The first-order valence-electron chi connectivity index (χ1n) is 6.13. The molecular weight excluding hydrogens is 262 g/mol. The van der Waals surface area contributed by atoms with Crippen LogP contribution in [0.1, 0.15) is 47.7 Å². The van der Waals surface area contributed by atoms with Crippen LogP contribution < -0.4 is 4.74 Å². The third kappa shape index (κ3) is 3.11. The molecule has 0 unspecified atom stereocenters. The Morgan fingerprint density at radius 1 is 1.40 bits per heavy atom. The van der Waals surface area contributed by atoms with Gasteiger partial charge in [-0.1, -0.05) is 19.0 Å². The number of carboxylic acid groups (broad SMARTS) is 1. The van der Waals surface area contributed by atoms with Crippen LogP contribution in [0, 0.1) is 6.92 Å². The Hall–Kier alpha value is -2.44. The van der Waals surface area contributed by atoms with Crippen LogP contribution in [-0.2, 0) is 6.61 Å². The Morgan fingerprint density at radius 3 is 2.75 bits per heavy atom. The molecule has 7 nitrogen and oxygen atoms in total. The number of hydrogen-bond acceptors (Lipinski definition) is 6. The van der Waals surface area contributed by atoms with Crippen LogP contribution in [0.5, 0.6) is 5.75 Å². The van der Waals surface area contributed by atoms with E-state index in [9.17, 15) is 4.79 Å². The summed E-state index contributed by atoms with van der Waals surface area (Å²) in [5.74, 6) is 0.0716. The third-order valence-electron chi connectivity index (χ3n) is 2.55. The molecule has 0 aromatic carbocycles. The summed E-state index contributed by atoms with van der Waals surface area (Å²) in [6.45, 7) is 5.61. The van der Waals surface area contributed by atoms with Gasteiger partial charge in [-0.2, -0.15) is 4.98 Å². The number of carbonyl (C=O) groups is 1. The van der Waals surface area contributed by atoms with Crippen molar-refractivity contribution in [1.82, 2.24) is 15.1 Å². The maximum absolute atomic E-state index is 11.1. The number of aromatic carboxylic acids is 1. The van der Waals surface area contributed by atoms with Gasteiger partial charge in [0.25, 0.3) is 5.89 Å². The molecule has 0 bridgehead atoms. The van der Waals surface area contributed by atoms with Gasteiger partial charge >= 0.3 is 5.97 Å². The van der Waals surface area contributed by atoms with Crippen molar-refractivity contribution < 1.29 is 19.2 Å². The van der Waals surface area contributed by atoms with E-state index < -0.39 is 5.97 Å². The van der Waals surface area contributed by atoms with Gasteiger partial charge in [0.05, 0.1) is 0 Å². The zero-order valence-electron chi connectivity index (χ0n) is 11.5. The number of carboxylic acids is 1. The molecule has 0 spiro atoms. The van der Waals surface area contributed by atoms with Crippen molar-refractivity contribution in [1.29, 1.82) is 0 Å². The lowest BCUT2D eigenvalue weighted by Gasteiger charge is -2.06. The normalized spacial score (nSPS) is 10.8. The SMILES string of the molecule is Cc1ccc(OCc2nc(C(C)C)no2)c(C(=O)O)n1. The summed E-state index contributed by atoms with van der Waals surface area (Å²) in [5, 5.41) is 12.9. The second-order valence-corrected chi connectivity index (χ2v) is 4.59. The molecule has 0 aliphatic carbocycles. The average Bonchev–Trinajstić information content (AvgIpc) is 2.86. The van der Waals surface area contributed by atoms with Crippen molar-refractivity contribution in [2.75, 3.05) is 0 Å². The minimum absolute atomic E-state index is 0.00470. The van der Waals surface area contributed by atoms with Crippen molar-refractivity contribution in [3.8, 4) is 5.75 Å². The molecule has 0 radical (unpaired) electrons. The lowest BCUT2D eigenvalue weighted by molar-refractivity contribution is 0.0683. The largest absolute Gasteiger partial charge is 0.481 e. The zero-order valence-corrected chi connectivity index (χ0v) is 11.5. The fourth-order valence-corrected chi connectivity index (χ4v) is 1.51. The van der Waals surface area contributed by atoms with Crippen LogP contribution in [0.15, 0.2) is 16.7 Å². The van der Waals surface area contributed by atoms with Gasteiger partial charge in [-0.15, -0.1) is 0 Å². The van der Waals surface area contributed by atoms with Crippen molar-refractivity contribution in [3.05, 3.63) is 35.2 Å². The standard InChI is InChI=1S/C13H15N3O4/c1-7(2)12-15-10(20-16-12)6-19-9-5-4-8(3)14-11(9)13(17)18/h4-5,7H,6H2,1-3H3,(H,17,18). The fourth-order valence-electron chi connectivity index (χ4n) is 1.51. The number of hydrogen-bond donors (Lipinski definition) is 1. The molecule has 0 atom stereocenters. The second-order valence-electron chi connectivity index (χ2n) is 4.59. The topological polar surface area (TPSA) is 98.3 Å². The Bertz CT molecular complexity index is 622. The van der Waals surface area contributed by atoms with Crippen LogP contribution in [-0.4, -0.2) is 26.2 Å². The highest BCUT2D eigenvalue weighted by molar-refractivity contribution is 5.88. The van der Waals surface area contributed by atoms with Crippen LogP contribution in [0.2, 0.25) is 0 Å². The fraction of sp³-hybridized carbons (Fsp3) is 0.385. The van der Waals surface area contributed by atoms with Gasteiger partial charge in [0.1, 0.15) is 0 Å². The summed E-state index contributed by atoms with van der Waals surface area (Å²) in [5.41, 5.74) is 0.475. The van der Waals surface area contributed by atoms with Crippen molar-refractivity contribution in [2.45, 2.75) is 33.3 Å². The van der Waals surface area contributed by atoms with E-state index in [0.29, 0.717) is 17.4 Å². The predicted octanol–water partition coefficient (Wildman–Crippen LogP) is 2.17. The van der Waals surface area contributed by atoms with Gasteiger partial charge < -0.3 is 14.4 Å². The molecule has 0 saturated heterocycles. The Kier molecular flexibility index (Phi) is 3.97. The highest BCUT2D eigenvalue weighted by atomic mass is 16.5. The van der Waals surface area contributed by atoms with E-state index in [1.54, 1.807) is 19.1 Å². The molecule has 2 aromatic heterocycles. The maximum atomic E-state index is 11.1. The zero-order chi connectivity index (χ0) is 14.7.